The van der Waals surface area contributed by atoms with Crippen LogP contribution >= 0.6 is 0 Å². The Kier molecular flexibility index (Phi) is 5.48. The zero-order valence-corrected chi connectivity index (χ0v) is 16.1. The van der Waals surface area contributed by atoms with Crippen molar-refractivity contribution in [3.8, 4) is 5.82 Å². The molecular weight excluding hydrogens is 372 g/mol. The van der Waals surface area contributed by atoms with Gasteiger partial charge in [-0.15, -0.1) is 0 Å². The van der Waals surface area contributed by atoms with Gasteiger partial charge in [0.2, 0.25) is 0 Å². The zero-order valence-electron chi connectivity index (χ0n) is 16.1. The van der Waals surface area contributed by atoms with Gasteiger partial charge in [-0.05, 0) is 44.0 Å². The Labute approximate surface area is 167 Å². The van der Waals surface area contributed by atoms with Crippen LogP contribution in [0.5, 0.6) is 0 Å². The van der Waals surface area contributed by atoms with Gasteiger partial charge >= 0.3 is 5.63 Å². The van der Waals surface area contributed by atoms with Crippen LogP contribution < -0.4 is 16.3 Å². The fourth-order valence-corrected chi connectivity index (χ4v) is 3.56. The Hall–Kier alpha value is -3.33. The topological polar surface area (TPSA) is 115 Å². The summed E-state index contributed by atoms with van der Waals surface area (Å²) in [4.78, 5) is 33.4. The van der Waals surface area contributed by atoms with Crippen LogP contribution in [0.4, 0.5) is 0 Å². The van der Waals surface area contributed by atoms with Crippen molar-refractivity contribution in [2.75, 3.05) is 13.1 Å². The second-order valence-corrected chi connectivity index (χ2v) is 7.05. The van der Waals surface area contributed by atoms with Gasteiger partial charge in [-0.2, -0.15) is 5.10 Å². The molecule has 1 aliphatic heterocycles. The summed E-state index contributed by atoms with van der Waals surface area (Å²) in [6.45, 7) is 3.71. The lowest BCUT2D eigenvalue weighted by molar-refractivity contribution is 0.0945. The Morgan fingerprint density at radius 2 is 2.34 bits per heavy atom. The third-order valence-corrected chi connectivity index (χ3v) is 5.04. The quantitative estimate of drug-likeness (QED) is 0.671. The summed E-state index contributed by atoms with van der Waals surface area (Å²) in [6.07, 6.45) is 6.59. The molecule has 4 heterocycles. The molecule has 29 heavy (non-hydrogen) atoms. The number of carbonyl (C=O) groups excluding carboxylic acids is 1. The SMILES string of the molecule is Cc1cc(C2CCCNC2)oc(=O)c1C(=O)NCc1cccnc1-n1cncn1. The number of hydrogen-bond donors (Lipinski definition) is 2. The van der Waals surface area contributed by atoms with E-state index in [9.17, 15) is 9.59 Å². The van der Waals surface area contributed by atoms with Crippen LogP contribution in [0.1, 0.15) is 46.0 Å². The van der Waals surface area contributed by atoms with E-state index in [1.54, 1.807) is 25.3 Å². The first kappa shape index (κ1) is 19.0. The van der Waals surface area contributed by atoms with Crippen LogP contribution in [0, 0.1) is 6.92 Å². The van der Waals surface area contributed by atoms with Crippen LogP contribution in [0.3, 0.4) is 0 Å². The van der Waals surface area contributed by atoms with Crippen molar-refractivity contribution in [2.24, 2.45) is 0 Å². The minimum absolute atomic E-state index is 0.0312. The van der Waals surface area contributed by atoms with Crippen molar-refractivity contribution in [1.29, 1.82) is 0 Å². The second-order valence-electron chi connectivity index (χ2n) is 7.05. The highest BCUT2D eigenvalue weighted by Gasteiger charge is 2.22. The van der Waals surface area contributed by atoms with Crippen molar-refractivity contribution in [3.05, 3.63) is 69.9 Å². The average Bonchev–Trinajstić information content (AvgIpc) is 3.27. The molecule has 0 saturated carbocycles. The summed E-state index contributed by atoms with van der Waals surface area (Å²) < 4.78 is 7.02. The Morgan fingerprint density at radius 1 is 1.45 bits per heavy atom. The molecule has 0 aliphatic carbocycles. The normalized spacial score (nSPS) is 16.5. The van der Waals surface area contributed by atoms with E-state index in [0.717, 1.165) is 31.5 Å². The van der Waals surface area contributed by atoms with Gasteiger partial charge in [0.05, 0.1) is 0 Å². The van der Waals surface area contributed by atoms with E-state index in [2.05, 4.69) is 25.7 Å². The maximum absolute atomic E-state index is 12.7. The fourth-order valence-electron chi connectivity index (χ4n) is 3.56. The minimum Gasteiger partial charge on any atom is -0.427 e. The van der Waals surface area contributed by atoms with Crippen molar-refractivity contribution in [1.82, 2.24) is 30.4 Å². The number of hydrogen-bond acceptors (Lipinski definition) is 7. The van der Waals surface area contributed by atoms with Crippen molar-refractivity contribution in [3.63, 3.8) is 0 Å². The van der Waals surface area contributed by atoms with Gasteiger partial charge in [0.25, 0.3) is 5.91 Å². The van der Waals surface area contributed by atoms with E-state index < -0.39 is 11.5 Å². The van der Waals surface area contributed by atoms with E-state index in [4.69, 9.17) is 4.42 Å². The number of pyridine rings is 1. The summed E-state index contributed by atoms with van der Waals surface area (Å²) in [5.74, 6) is 0.886. The highest BCUT2D eigenvalue weighted by atomic mass is 16.4. The number of amides is 1. The monoisotopic (exact) mass is 394 g/mol. The predicted molar refractivity (Wildman–Crippen MR) is 105 cm³/mol. The van der Waals surface area contributed by atoms with Gasteiger partial charge in [-0.1, -0.05) is 6.07 Å². The number of aromatic nitrogens is 4. The molecule has 9 heteroatoms. The number of aryl methyl sites for hydroxylation is 1. The van der Waals surface area contributed by atoms with E-state index in [-0.39, 0.29) is 18.0 Å². The van der Waals surface area contributed by atoms with Crippen molar-refractivity contribution in [2.45, 2.75) is 32.2 Å². The molecule has 0 spiro atoms. The standard InChI is InChI=1S/C20H22N6O3/c1-13-8-16(14-4-2-6-21-9-14)29-20(28)17(13)19(27)24-10-15-5-3-7-23-18(15)26-12-22-11-25-26/h3,5,7-8,11-12,14,21H,2,4,6,9-10H2,1H3,(H,24,27). The number of piperidine rings is 1. The predicted octanol–water partition coefficient (Wildman–Crippen LogP) is 1.32. The lowest BCUT2D eigenvalue weighted by Gasteiger charge is -2.22. The van der Waals surface area contributed by atoms with Crippen LogP contribution in [0.25, 0.3) is 5.82 Å². The van der Waals surface area contributed by atoms with Crippen LogP contribution in [-0.4, -0.2) is 38.7 Å². The molecule has 2 N–H and O–H groups in total. The lowest BCUT2D eigenvalue weighted by atomic mass is 9.95. The van der Waals surface area contributed by atoms with Crippen LogP contribution in [-0.2, 0) is 6.54 Å². The molecule has 9 nitrogen and oxygen atoms in total. The van der Waals surface area contributed by atoms with E-state index in [1.165, 1.54) is 17.3 Å². The lowest BCUT2D eigenvalue weighted by Crippen LogP contribution is -2.31. The molecule has 0 aromatic carbocycles. The van der Waals surface area contributed by atoms with E-state index in [1.807, 2.05) is 6.07 Å². The third-order valence-electron chi connectivity index (χ3n) is 5.04. The molecule has 0 radical (unpaired) electrons. The molecule has 3 aromatic rings. The maximum atomic E-state index is 12.7. The summed E-state index contributed by atoms with van der Waals surface area (Å²) in [7, 11) is 0. The Bertz CT molecular complexity index is 1050. The van der Waals surface area contributed by atoms with E-state index in [0.29, 0.717) is 17.1 Å². The van der Waals surface area contributed by atoms with Gasteiger partial charge < -0.3 is 15.1 Å². The summed E-state index contributed by atoms with van der Waals surface area (Å²) >= 11 is 0. The molecule has 4 rings (SSSR count). The molecule has 3 aromatic heterocycles. The van der Waals surface area contributed by atoms with Gasteiger partial charge in [0.1, 0.15) is 24.0 Å². The molecule has 1 aliphatic rings. The van der Waals surface area contributed by atoms with Gasteiger partial charge in [0.15, 0.2) is 5.82 Å². The molecule has 1 atom stereocenters. The Morgan fingerprint density at radius 3 is 3.07 bits per heavy atom. The number of rotatable bonds is 5. The molecule has 1 unspecified atom stereocenters. The molecule has 0 bridgehead atoms. The largest absolute Gasteiger partial charge is 0.427 e. The van der Waals surface area contributed by atoms with Gasteiger partial charge in [-0.25, -0.2) is 19.4 Å². The zero-order chi connectivity index (χ0) is 20.2. The summed E-state index contributed by atoms with van der Waals surface area (Å²) in [5, 5.41) is 10.2. The highest BCUT2D eigenvalue weighted by Crippen LogP contribution is 2.23. The second kappa shape index (κ2) is 8.36. The summed E-state index contributed by atoms with van der Waals surface area (Å²) in [5.41, 5.74) is 0.787. The molecule has 150 valence electrons. The maximum Gasteiger partial charge on any atom is 0.349 e. The first-order chi connectivity index (χ1) is 14.1. The number of nitrogens with one attached hydrogen (secondary N) is 2. The smallest absolute Gasteiger partial charge is 0.349 e. The van der Waals surface area contributed by atoms with Crippen molar-refractivity contribution >= 4 is 5.91 Å². The third kappa shape index (κ3) is 4.09. The fraction of sp³-hybridized carbons (Fsp3) is 0.350. The first-order valence-electron chi connectivity index (χ1n) is 9.56. The molecular formula is C20H22N6O3. The van der Waals surface area contributed by atoms with Gasteiger partial charge in [-0.3, -0.25) is 4.79 Å². The average molecular weight is 394 g/mol. The number of nitrogens with zero attached hydrogens (tertiary/aromatic N) is 4. The van der Waals surface area contributed by atoms with Gasteiger partial charge in [0, 0.05) is 30.8 Å². The molecule has 1 fully saturated rings. The van der Waals surface area contributed by atoms with E-state index >= 15 is 0 Å². The minimum atomic E-state index is -0.606. The van der Waals surface area contributed by atoms with Crippen molar-refractivity contribution < 1.29 is 9.21 Å². The molecule has 1 amide bonds. The van der Waals surface area contributed by atoms with Crippen LogP contribution in [0.2, 0.25) is 0 Å². The molecule has 1 saturated heterocycles. The number of carbonyl (C=O) groups is 1. The Balaban J connectivity index is 1.52. The first-order valence-corrected chi connectivity index (χ1v) is 9.56. The summed E-state index contributed by atoms with van der Waals surface area (Å²) in [6, 6.07) is 5.41. The van der Waals surface area contributed by atoms with Crippen LogP contribution in [0.15, 0.2) is 46.3 Å². The highest BCUT2D eigenvalue weighted by molar-refractivity contribution is 5.95.